The summed E-state index contributed by atoms with van der Waals surface area (Å²) in [7, 11) is 3.95. The van der Waals surface area contributed by atoms with Crippen molar-refractivity contribution in [3.63, 3.8) is 0 Å². The van der Waals surface area contributed by atoms with Crippen molar-refractivity contribution in [3.8, 4) is 0 Å². The number of H-pyrrole nitrogens is 1. The van der Waals surface area contributed by atoms with Crippen molar-refractivity contribution in [1.29, 1.82) is 0 Å². The molecule has 74 valence electrons. The van der Waals surface area contributed by atoms with Gasteiger partial charge in [-0.15, -0.1) is 0 Å². The van der Waals surface area contributed by atoms with Crippen LogP contribution in [0.2, 0.25) is 0 Å². The highest BCUT2D eigenvalue weighted by Gasteiger charge is 2.05. The lowest BCUT2D eigenvalue weighted by Crippen LogP contribution is -2.02. The van der Waals surface area contributed by atoms with Gasteiger partial charge in [-0.05, 0) is 24.4 Å². The average molecular weight is 208 g/mol. The molecule has 0 aliphatic heterocycles. The van der Waals surface area contributed by atoms with E-state index < -0.39 is 0 Å². The fourth-order valence-corrected chi connectivity index (χ4v) is 1.53. The highest BCUT2D eigenvalue weighted by molar-refractivity contribution is 7.71. The van der Waals surface area contributed by atoms with Crippen molar-refractivity contribution in [2.75, 3.05) is 0 Å². The maximum atomic E-state index is 5.04. The predicted molar refractivity (Wildman–Crippen MR) is 56.6 cm³/mol. The van der Waals surface area contributed by atoms with E-state index in [1.807, 2.05) is 30.9 Å². The molecule has 1 N–H and O–H groups in total. The first kappa shape index (κ1) is 9.21. The van der Waals surface area contributed by atoms with Crippen molar-refractivity contribution < 1.29 is 0 Å². The number of nitrogens with one attached hydrogen (secondary N) is 1. The van der Waals surface area contributed by atoms with Crippen LogP contribution in [0.1, 0.15) is 11.5 Å². The first-order valence-corrected chi connectivity index (χ1v) is 4.80. The third-order valence-electron chi connectivity index (χ3n) is 2.36. The van der Waals surface area contributed by atoms with Crippen LogP contribution in [0.4, 0.5) is 0 Å². The van der Waals surface area contributed by atoms with E-state index in [2.05, 4.69) is 20.8 Å². The molecule has 0 unspecified atom stereocenters. The van der Waals surface area contributed by atoms with E-state index in [-0.39, 0.29) is 0 Å². The molecule has 0 radical (unpaired) electrons. The Morgan fingerprint density at radius 1 is 1.50 bits per heavy atom. The normalized spacial score (nSPS) is 10.7. The number of aromatic amines is 1. The Balaban J connectivity index is 2.32. The monoisotopic (exact) mass is 208 g/mol. The van der Waals surface area contributed by atoms with Crippen LogP contribution in [-0.4, -0.2) is 19.3 Å². The molecular formula is C9H12N4S. The van der Waals surface area contributed by atoms with Gasteiger partial charge in [-0.25, -0.2) is 0 Å². The van der Waals surface area contributed by atoms with E-state index in [9.17, 15) is 0 Å². The van der Waals surface area contributed by atoms with E-state index in [0.29, 0.717) is 4.77 Å². The Hall–Kier alpha value is -1.36. The highest BCUT2D eigenvalue weighted by atomic mass is 32.1. The lowest BCUT2D eigenvalue weighted by atomic mass is 10.3. The van der Waals surface area contributed by atoms with Crippen LogP contribution < -0.4 is 0 Å². The van der Waals surface area contributed by atoms with E-state index in [1.165, 1.54) is 5.69 Å². The molecular weight excluding hydrogens is 196 g/mol. The van der Waals surface area contributed by atoms with Crippen molar-refractivity contribution >= 4 is 12.2 Å². The molecule has 0 atom stereocenters. The summed E-state index contributed by atoms with van der Waals surface area (Å²) in [6.45, 7) is 0. The van der Waals surface area contributed by atoms with Crippen molar-refractivity contribution in [3.05, 3.63) is 34.6 Å². The third kappa shape index (κ3) is 1.50. The van der Waals surface area contributed by atoms with Crippen molar-refractivity contribution in [2.45, 2.75) is 6.42 Å². The highest BCUT2D eigenvalue weighted by Crippen LogP contribution is 2.06. The van der Waals surface area contributed by atoms with Gasteiger partial charge >= 0.3 is 0 Å². The van der Waals surface area contributed by atoms with Crippen molar-refractivity contribution in [1.82, 2.24) is 19.3 Å². The summed E-state index contributed by atoms with van der Waals surface area (Å²) in [5.41, 5.74) is 1.22. The maximum Gasteiger partial charge on any atom is 0.194 e. The van der Waals surface area contributed by atoms with Gasteiger partial charge in [0.1, 0.15) is 5.82 Å². The molecule has 2 heterocycles. The molecule has 0 aliphatic carbocycles. The predicted octanol–water partition coefficient (Wildman–Crippen LogP) is 1.41. The number of hydrogen-bond acceptors (Lipinski definition) is 2. The maximum absolute atomic E-state index is 5.04. The number of nitrogens with zero attached hydrogens (tertiary/aromatic N) is 3. The van der Waals surface area contributed by atoms with Gasteiger partial charge in [-0.3, -0.25) is 5.10 Å². The van der Waals surface area contributed by atoms with Gasteiger partial charge in [0.25, 0.3) is 0 Å². The summed E-state index contributed by atoms with van der Waals surface area (Å²) < 4.78 is 4.63. The number of hydrogen-bond donors (Lipinski definition) is 1. The Morgan fingerprint density at radius 2 is 2.29 bits per heavy atom. The van der Waals surface area contributed by atoms with Gasteiger partial charge in [0, 0.05) is 32.4 Å². The van der Waals surface area contributed by atoms with Crippen LogP contribution in [0.5, 0.6) is 0 Å². The van der Waals surface area contributed by atoms with E-state index in [0.717, 1.165) is 12.2 Å². The molecule has 0 spiro atoms. The lowest BCUT2D eigenvalue weighted by molar-refractivity contribution is 0.770. The molecule has 2 rings (SSSR count). The SMILES string of the molecule is Cn1cccc1Cc1n[nH]c(=S)n1C. The minimum absolute atomic E-state index is 0.661. The van der Waals surface area contributed by atoms with Crippen LogP contribution in [0.25, 0.3) is 0 Å². The Morgan fingerprint density at radius 3 is 2.79 bits per heavy atom. The van der Waals surface area contributed by atoms with Gasteiger partial charge in [0.05, 0.1) is 0 Å². The molecule has 0 amide bonds. The van der Waals surface area contributed by atoms with Gasteiger partial charge in [-0.1, -0.05) is 0 Å². The zero-order valence-corrected chi connectivity index (χ0v) is 9.01. The molecule has 4 nitrogen and oxygen atoms in total. The molecule has 2 aromatic rings. The van der Waals surface area contributed by atoms with Crippen LogP contribution in [-0.2, 0) is 20.5 Å². The quantitative estimate of drug-likeness (QED) is 0.758. The second kappa shape index (κ2) is 3.42. The first-order chi connectivity index (χ1) is 6.68. The Labute approximate surface area is 87.2 Å². The van der Waals surface area contributed by atoms with E-state index in [1.54, 1.807) is 0 Å². The first-order valence-electron chi connectivity index (χ1n) is 4.39. The summed E-state index contributed by atoms with van der Waals surface area (Å²) >= 11 is 5.04. The Kier molecular flexibility index (Phi) is 2.25. The third-order valence-corrected chi connectivity index (χ3v) is 2.73. The topological polar surface area (TPSA) is 38.5 Å². The zero-order chi connectivity index (χ0) is 10.1. The Bertz CT molecular complexity index is 491. The molecule has 2 aromatic heterocycles. The van der Waals surface area contributed by atoms with Gasteiger partial charge in [0.2, 0.25) is 0 Å². The second-order valence-electron chi connectivity index (χ2n) is 3.29. The van der Waals surface area contributed by atoms with Crippen molar-refractivity contribution in [2.24, 2.45) is 14.1 Å². The fraction of sp³-hybridized carbons (Fsp3) is 0.333. The minimum Gasteiger partial charge on any atom is -0.354 e. The summed E-state index contributed by atoms with van der Waals surface area (Å²) in [6, 6.07) is 4.11. The van der Waals surface area contributed by atoms with E-state index >= 15 is 0 Å². The smallest absolute Gasteiger partial charge is 0.194 e. The van der Waals surface area contributed by atoms with Gasteiger partial charge in [0.15, 0.2) is 4.77 Å². The summed E-state index contributed by atoms with van der Waals surface area (Å²) in [6.07, 6.45) is 2.82. The molecule has 0 saturated heterocycles. The van der Waals surface area contributed by atoms with Gasteiger partial charge < -0.3 is 9.13 Å². The molecule has 5 heteroatoms. The van der Waals surface area contributed by atoms with E-state index in [4.69, 9.17) is 12.2 Å². The molecule has 0 aliphatic rings. The molecule has 0 aromatic carbocycles. The standard InChI is InChI=1S/C9H12N4S/c1-12-5-3-4-7(12)6-8-10-11-9(14)13(8)2/h3-5H,6H2,1-2H3,(H,11,14). The van der Waals surface area contributed by atoms with Crippen LogP contribution in [0, 0.1) is 4.77 Å². The number of aryl methyl sites for hydroxylation is 1. The zero-order valence-electron chi connectivity index (χ0n) is 8.19. The van der Waals surface area contributed by atoms with Gasteiger partial charge in [-0.2, -0.15) is 5.10 Å². The second-order valence-corrected chi connectivity index (χ2v) is 3.68. The number of rotatable bonds is 2. The van der Waals surface area contributed by atoms with Crippen LogP contribution >= 0.6 is 12.2 Å². The molecule has 0 saturated carbocycles. The summed E-state index contributed by atoms with van der Waals surface area (Å²) in [5.74, 6) is 0.955. The fourth-order valence-electron chi connectivity index (χ4n) is 1.38. The number of aromatic nitrogens is 4. The molecule has 14 heavy (non-hydrogen) atoms. The summed E-state index contributed by atoms with van der Waals surface area (Å²) in [4.78, 5) is 0. The molecule has 0 fully saturated rings. The van der Waals surface area contributed by atoms with Crippen LogP contribution in [0.15, 0.2) is 18.3 Å². The lowest BCUT2D eigenvalue weighted by Gasteiger charge is -2.02. The molecule has 0 bridgehead atoms. The van der Waals surface area contributed by atoms with Crippen LogP contribution in [0.3, 0.4) is 0 Å². The largest absolute Gasteiger partial charge is 0.354 e. The average Bonchev–Trinajstić information content (AvgIpc) is 2.68. The summed E-state index contributed by atoms with van der Waals surface area (Å²) in [5, 5.41) is 6.94. The minimum atomic E-state index is 0.661.